The smallest absolute Gasteiger partial charge is 0.259 e. The molecule has 0 fully saturated rings. The average molecular weight is 429 g/mol. The number of amides is 1. The summed E-state index contributed by atoms with van der Waals surface area (Å²) in [7, 11) is 0. The fourth-order valence-corrected chi connectivity index (χ4v) is 3.53. The van der Waals surface area contributed by atoms with E-state index in [0.717, 1.165) is 16.8 Å². The molecule has 1 aliphatic heterocycles. The molecule has 0 saturated carbocycles. The van der Waals surface area contributed by atoms with Crippen LogP contribution in [-0.4, -0.2) is 25.7 Å². The molecule has 31 heavy (non-hydrogen) atoms. The summed E-state index contributed by atoms with van der Waals surface area (Å²) in [6.07, 6.45) is 5.19. The molecule has 3 heterocycles. The summed E-state index contributed by atoms with van der Waals surface area (Å²) in [6.45, 7) is 0. The van der Waals surface area contributed by atoms with Crippen LogP contribution >= 0.6 is 11.6 Å². The molecule has 0 unspecified atom stereocenters. The highest BCUT2D eigenvalue weighted by Gasteiger charge is 2.25. The number of rotatable bonds is 4. The van der Waals surface area contributed by atoms with Gasteiger partial charge in [-0.25, -0.2) is 4.68 Å². The van der Waals surface area contributed by atoms with Crippen LogP contribution in [0.5, 0.6) is 0 Å². The lowest BCUT2D eigenvalue weighted by molar-refractivity contribution is 0.102. The van der Waals surface area contributed by atoms with Gasteiger partial charge in [-0.05, 0) is 41.5 Å². The number of pyridine rings is 1. The molecular weight excluding hydrogens is 412 g/mol. The van der Waals surface area contributed by atoms with Crippen molar-refractivity contribution in [1.29, 1.82) is 0 Å². The molecule has 0 aliphatic carbocycles. The van der Waals surface area contributed by atoms with Crippen LogP contribution in [0.3, 0.4) is 0 Å². The molecule has 4 aromatic rings. The van der Waals surface area contributed by atoms with E-state index in [4.69, 9.17) is 11.6 Å². The number of benzene rings is 2. The minimum Gasteiger partial charge on any atom is -0.324 e. The zero-order chi connectivity index (χ0) is 21.2. The Hall–Kier alpha value is -3.97. The number of hydrogen-bond acceptors (Lipinski definition) is 5. The molecule has 1 atom stereocenters. The van der Waals surface area contributed by atoms with Crippen molar-refractivity contribution in [2.45, 2.75) is 6.04 Å². The summed E-state index contributed by atoms with van der Waals surface area (Å²) in [5, 5.41) is 11.3. The number of carbonyl (C=O) groups excluding carboxylic acids is 1. The molecule has 152 valence electrons. The van der Waals surface area contributed by atoms with E-state index in [-0.39, 0.29) is 17.9 Å². The zero-order valence-electron chi connectivity index (χ0n) is 16.2. The first-order valence-electron chi connectivity index (χ1n) is 9.65. The lowest BCUT2D eigenvalue weighted by atomic mass is 10.0. The summed E-state index contributed by atoms with van der Waals surface area (Å²) in [5.41, 5.74) is 3.34. The first kappa shape index (κ1) is 19.0. The second kappa shape index (κ2) is 8.04. The maximum absolute atomic E-state index is 12.5. The molecule has 0 bridgehead atoms. The second-order valence-electron chi connectivity index (χ2n) is 6.97. The number of fused-ring (bicyclic) bond motifs is 1. The Bertz CT molecular complexity index is 1250. The van der Waals surface area contributed by atoms with Crippen LogP contribution in [0.25, 0.3) is 5.70 Å². The normalized spacial score (nSPS) is 14.9. The maximum Gasteiger partial charge on any atom is 0.259 e. The minimum atomic E-state index is -0.321. The summed E-state index contributed by atoms with van der Waals surface area (Å²) in [6, 6.07) is 20.8. The van der Waals surface area contributed by atoms with Crippen molar-refractivity contribution in [3.05, 3.63) is 107 Å². The third-order valence-electron chi connectivity index (χ3n) is 4.91. The van der Waals surface area contributed by atoms with Crippen molar-refractivity contribution >= 4 is 35.1 Å². The number of nitrogens with one attached hydrogen (secondary N) is 2. The molecule has 1 aliphatic rings. The monoisotopic (exact) mass is 428 g/mol. The predicted molar refractivity (Wildman–Crippen MR) is 120 cm³/mol. The Morgan fingerprint density at radius 1 is 1.03 bits per heavy atom. The number of carbonyl (C=O) groups is 1. The van der Waals surface area contributed by atoms with Crippen LogP contribution < -0.4 is 10.6 Å². The Morgan fingerprint density at radius 2 is 1.84 bits per heavy atom. The number of hydrogen-bond donors (Lipinski definition) is 2. The second-order valence-corrected chi connectivity index (χ2v) is 7.40. The first-order chi connectivity index (χ1) is 15.2. The number of anilines is 2. The number of allylic oxidation sites excluding steroid dienone is 1. The third-order valence-corrected chi connectivity index (χ3v) is 5.16. The summed E-state index contributed by atoms with van der Waals surface area (Å²) < 4.78 is 1.76. The first-order valence-corrected chi connectivity index (χ1v) is 10.0. The SMILES string of the molecule is O=C(Nc1nc2n(n1)[C@H](c1ccccc1)C=C(c1ccc(Cl)cc1)N2)c1cccnc1. The largest absolute Gasteiger partial charge is 0.324 e. The molecule has 8 heteroatoms. The average Bonchev–Trinajstić information content (AvgIpc) is 3.22. The van der Waals surface area contributed by atoms with Gasteiger partial charge in [-0.3, -0.25) is 15.1 Å². The van der Waals surface area contributed by atoms with E-state index in [1.54, 1.807) is 23.0 Å². The van der Waals surface area contributed by atoms with Crippen molar-refractivity contribution in [3.63, 3.8) is 0 Å². The van der Waals surface area contributed by atoms with Crippen LogP contribution in [0.1, 0.15) is 27.5 Å². The van der Waals surface area contributed by atoms with Gasteiger partial charge in [-0.15, -0.1) is 5.10 Å². The van der Waals surface area contributed by atoms with Gasteiger partial charge in [0.25, 0.3) is 11.9 Å². The Labute approximate surface area is 183 Å². The predicted octanol–water partition coefficient (Wildman–Crippen LogP) is 4.63. The number of halogens is 1. The van der Waals surface area contributed by atoms with Gasteiger partial charge in [0.1, 0.15) is 6.04 Å². The van der Waals surface area contributed by atoms with Gasteiger partial charge < -0.3 is 5.32 Å². The Kier molecular flexibility index (Phi) is 4.93. The molecule has 1 amide bonds. The number of nitrogens with zero attached hydrogens (tertiary/aromatic N) is 4. The molecule has 2 aromatic heterocycles. The summed E-state index contributed by atoms with van der Waals surface area (Å²) >= 11 is 6.05. The molecular formula is C23H17ClN6O. The van der Waals surface area contributed by atoms with Gasteiger partial charge in [-0.2, -0.15) is 4.98 Å². The molecule has 0 saturated heterocycles. The molecule has 0 spiro atoms. The lowest BCUT2D eigenvalue weighted by Gasteiger charge is -2.24. The van der Waals surface area contributed by atoms with Crippen LogP contribution in [0, 0.1) is 0 Å². The van der Waals surface area contributed by atoms with Gasteiger partial charge >= 0.3 is 0 Å². The van der Waals surface area contributed by atoms with E-state index >= 15 is 0 Å². The van der Waals surface area contributed by atoms with E-state index in [1.165, 1.54) is 6.20 Å². The van der Waals surface area contributed by atoms with E-state index < -0.39 is 0 Å². The Balaban J connectivity index is 1.51. The fourth-order valence-electron chi connectivity index (χ4n) is 3.40. The van der Waals surface area contributed by atoms with Crippen LogP contribution in [0.15, 0.2) is 85.2 Å². The number of aromatic nitrogens is 4. The van der Waals surface area contributed by atoms with E-state index in [0.29, 0.717) is 16.5 Å². The standard InChI is InChI=1S/C23H17ClN6O/c24-18-10-8-15(9-11-18)19-13-20(16-5-2-1-3-6-16)30-23(26-19)28-22(29-30)27-21(31)17-7-4-12-25-14-17/h1-14,20H,(H2,26,27,28,29,31)/t20-/m0/s1. The zero-order valence-corrected chi connectivity index (χ0v) is 17.0. The van der Waals surface area contributed by atoms with Crippen molar-refractivity contribution in [3.8, 4) is 0 Å². The Morgan fingerprint density at radius 3 is 2.58 bits per heavy atom. The molecule has 5 rings (SSSR count). The van der Waals surface area contributed by atoms with Crippen LogP contribution in [0.2, 0.25) is 5.02 Å². The quantitative estimate of drug-likeness (QED) is 0.495. The van der Waals surface area contributed by atoms with Crippen LogP contribution in [-0.2, 0) is 0 Å². The van der Waals surface area contributed by atoms with Crippen molar-refractivity contribution in [1.82, 2.24) is 19.7 Å². The van der Waals surface area contributed by atoms with E-state index in [1.807, 2.05) is 54.6 Å². The van der Waals surface area contributed by atoms with Gasteiger partial charge in [0, 0.05) is 23.1 Å². The minimum absolute atomic E-state index is 0.195. The highest BCUT2D eigenvalue weighted by atomic mass is 35.5. The topological polar surface area (TPSA) is 84.7 Å². The highest BCUT2D eigenvalue weighted by Crippen LogP contribution is 2.33. The summed E-state index contributed by atoms with van der Waals surface area (Å²) in [5.74, 6) is 0.420. The molecule has 2 aromatic carbocycles. The lowest BCUT2D eigenvalue weighted by Crippen LogP contribution is -2.20. The van der Waals surface area contributed by atoms with Crippen molar-refractivity contribution in [2.24, 2.45) is 0 Å². The van der Waals surface area contributed by atoms with Gasteiger partial charge in [0.2, 0.25) is 5.95 Å². The van der Waals surface area contributed by atoms with Gasteiger partial charge in [0.15, 0.2) is 0 Å². The van der Waals surface area contributed by atoms with Crippen molar-refractivity contribution < 1.29 is 4.79 Å². The third kappa shape index (κ3) is 3.91. The van der Waals surface area contributed by atoms with Crippen molar-refractivity contribution in [2.75, 3.05) is 10.6 Å². The highest BCUT2D eigenvalue weighted by molar-refractivity contribution is 6.30. The van der Waals surface area contributed by atoms with Crippen LogP contribution in [0.4, 0.5) is 11.9 Å². The maximum atomic E-state index is 12.5. The van der Waals surface area contributed by atoms with E-state index in [9.17, 15) is 4.79 Å². The fraction of sp³-hybridized carbons (Fsp3) is 0.0435. The summed E-state index contributed by atoms with van der Waals surface area (Å²) in [4.78, 5) is 21.0. The molecule has 7 nitrogen and oxygen atoms in total. The van der Waals surface area contributed by atoms with E-state index in [2.05, 4.69) is 31.8 Å². The molecule has 2 N–H and O–H groups in total. The van der Waals surface area contributed by atoms with Gasteiger partial charge in [0.05, 0.1) is 5.56 Å². The van der Waals surface area contributed by atoms with Gasteiger partial charge in [-0.1, -0.05) is 54.1 Å². The molecule has 0 radical (unpaired) electrons.